The molecule has 1 aromatic rings. The van der Waals surface area contributed by atoms with Gasteiger partial charge in [-0.1, -0.05) is 24.3 Å². The number of morpholine rings is 1. The van der Waals surface area contributed by atoms with Crippen LogP contribution < -0.4 is 5.32 Å². The molecular weight excluding hydrogens is 260 g/mol. The second kappa shape index (κ2) is 7.92. The van der Waals surface area contributed by atoms with Crippen LogP contribution in [0.3, 0.4) is 0 Å². The van der Waals surface area contributed by atoms with Crippen molar-refractivity contribution in [2.45, 2.75) is 25.7 Å². The molecule has 0 saturated carbocycles. The number of hydrogen-bond donors (Lipinski definition) is 1. The van der Waals surface area contributed by atoms with Crippen molar-refractivity contribution >= 4 is 0 Å². The maximum atomic E-state index is 5.39. The lowest BCUT2D eigenvalue weighted by Crippen LogP contribution is -2.37. The van der Waals surface area contributed by atoms with Crippen molar-refractivity contribution in [3.63, 3.8) is 0 Å². The molecule has 0 bridgehead atoms. The van der Waals surface area contributed by atoms with Gasteiger partial charge in [0.2, 0.25) is 0 Å². The highest BCUT2D eigenvalue weighted by molar-refractivity contribution is 5.23. The van der Waals surface area contributed by atoms with E-state index in [9.17, 15) is 0 Å². The van der Waals surface area contributed by atoms with E-state index in [1.807, 2.05) is 0 Å². The SMILES string of the molecule is c1cc(CC2CCCNC2)ccc1CCN1CCOCC1. The van der Waals surface area contributed by atoms with Crippen LogP contribution in [0.1, 0.15) is 24.0 Å². The van der Waals surface area contributed by atoms with Crippen LogP contribution in [-0.2, 0) is 17.6 Å². The first kappa shape index (κ1) is 15.0. The van der Waals surface area contributed by atoms with Crippen molar-refractivity contribution in [2.75, 3.05) is 45.9 Å². The van der Waals surface area contributed by atoms with Crippen LogP contribution in [0.5, 0.6) is 0 Å². The highest BCUT2D eigenvalue weighted by atomic mass is 16.5. The molecule has 0 amide bonds. The van der Waals surface area contributed by atoms with Gasteiger partial charge < -0.3 is 10.1 Å². The van der Waals surface area contributed by atoms with Crippen molar-refractivity contribution in [1.29, 1.82) is 0 Å². The third-order valence-electron chi connectivity index (χ3n) is 4.77. The third-order valence-corrected chi connectivity index (χ3v) is 4.77. The van der Waals surface area contributed by atoms with Crippen molar-refractivity contribution < 1.29 is 4.74 Å². The molecule has 3 nitrogen and oxygen atoms in total. The average Bonchev–Trinajstić information content (AvgIpc) is 2.56. The largest absolute Gasteiger partial charge is 0.379 e. The lowest BCUT2D eigenvalue weighted by molar-refractivity contribution is 0.0384. The lowest BCUT2D eigenvalue weighted by Gasteiger charge is -2.26. The quantitative estimate of drug-likeness (QED) is 0.898. The summed E-state index contributed by atoms with van der Waals surface area (Å²) < 4.78 is 5.39. The molecule has 0 aromatic heterocycles. The zero-order valence-electron chi connectivity index (χ0n) is 13.0. The normalized spacial score (nSPS) is 24.1. The van der Waals surface area contributed by atoms with E-state index in [1.165, 1.54) is 43.5 Å². The van der Waals surface area contributed by atoms with Crippen molar-refractivity contribution in [3.05, 3.63) is 35.4 Å². The fourth-order valence-electron chi connectivity index (χ4n) is 3.39. The van der Waals surface area contributed by atoms with Crippen LogP contribution >= 0.6 is 0 Å². The molecule has 1 N–H and O–H groups in total. The Labute approximate surface area is 128 Å². The predicted molar refractivity (Wildman–Crippen MR) is 86.7 cm³/mol. The van der Waals surface area contributed by atoms with Crippen LogP contribution in [0, 0.1) is 5.92 Å². The number of piperidine rings is 1. The molecule has 3 heteroatoms. The Morgan fingerprint density at radius 2 is 1.86 bits per heavy atom. The van der Waals surface area contributed by atoms with Crippen LogP contribution in [0.4, 0.5) is 0 Å². The Morgan fingerprint density at radius 3 is 2.57 bits per heavy atom. The van der Waals surface area contributed by atoms with Crippen LogP contribution in [0.15, 0.2) is 24.3 Å². The molecule has 21 heavy (non-hydrogen) atoms. The van der Waals surface area contributed by atoms with E-state index in [4.69, 9.17) is 4.74 Å². The number of nitrogens with zero attached hydrogens (tertiary/aromatic N) is 1. The average molecular weight is 288 g/mol. The third kappa shape index (κ3) is 4.80. The van der Waals surface area contributed by atoms with Crippen LogP contribution in [0.25, 0.3) is 0 Å². The van der Waals surface area contributed by atoms with Gasteiger partial charge in [-0.2, -0.15) is 0 Å². The first-order chi connectivity index (χ1) is 10.4. The van der Waals surface area contributed by atoms with E-state index in [0.29, 0.717) is 0 Å². The van der Waals surface area contributed by atoms with Crippen LogP contribution in [-0.4, -0.2) is 50.8 Å². The number of nitrogens with one attached hydrogen (secondary N) is 1. The van der Waals surface area contributed by atoms with Gasteiger partial charge in [-0.15, -0.1) is 0 Å². The molecule has 0 aliphatic carbocycles. The molecule has 1 aromatic carbocycles. The van der Waals surface area contributed by atoms with Gasteiger partial charge in [-0.25, -0.2) is 0 Å². The summed E-state index contributed by atoms with van der Waals surface area (Å²) in [5.74, 6) is 0.831. The molecule has 0 spiro atoms. The molecule has 116 valence electrons. The van der Waals surface area contributed by atoms with Crippen molar-refractivity contribution in [3.8, 4) is 0 Å². The summed E-state index contributed by atoms with van der Waals surface area (Å²) in [5, 5.41) is 3.51. The highest BCUT2D eigenvalue weighted by Gasteiger charge is 2.13. The molecule has 2 aliphatic heterocycles. The monoisotopic (exact) mass is 288 g/mol. The predicted octanol–water partition coefficient (Wildman–Crippen LogP) is 2.10. The van der Waals surface area contributed by atoms with E-state index in [1.54, 1.807) is 0 Å². The van der Waals surface area contributed by atoms with E-state index < -0.39 is 0 Å². The van der Waals surface area contributed by atoms with Gasteiger partial charge in [0, 0.05) is 19.6 Å². The summed E-state index contributed by atoms with van der Waals surface area (Å²) in [4.78, 5) is 2.51. The zero-order chi connectivity index (χ0) is 14.3. The van der Waals surface area contributed by atoms with E-state index in [-0.39, 0.29) is 0 Å². The fraction of sp³-hybridized carbons (Fsp3) is 0.667. The van der Waals surface area contributed by atoms with Gasteiger partial charge in [0.15, 0.2) is 0 Å². The van der Waals surface area contributed by atoms with Crippen LogP contribution in [0.2, 0.25) is 0 Å². The fourth-order valence-corrected chi connectivity index (χ4v) is 3.39. The second-order valence-corrected chi connectivity index (χ2v) is 6.44. The second-order valence-electron chi connectivity index (χ2n) is 6.44. The molecule has 2 fully saturated rings. The number of rotatable bonds is 5. The van der Waals surface area contributed by atoms with Gasteiger partial charge in [0.1, 0.15) is 0 Å². The van der Waals surface area contributed by atoms with Gasteiger partial charge in [0.25, 0.3) is 0 Å². The first-order valence-corrected chi connectivity index (χ1v) is 8.49. The van der Waals surface area contributed by atoms with E-state index in [2.05, 4.69) is 34.5 Å². The summed E-state index contributed by atoms with van der Waals surface area (Å²) in [6.07, 6.45) is 5.11. The molecule has 2 saturated heterocycles. The maximum Gasteiger partial charge on any atom is 0.0594 e. The highest BCUT2D eigenvalue weighted by Crippen LogP contribution is 2.17. The van der Waals surface area contributed by atoms with Crippen molar-refractivity contribution in [2.24, 2.45) is 5.92 Å². The summed E-state index contributed by atoms with van der Waals surface area (Å²) in [7, 11) is 0. The standard InChI is InChI=1S/C18H28N2O/c1-2-18(15-19-8-1)14-17-5-3-16(4-6-17)7-9-20-10-12-21-13-11-20/h3-6,18-19H,1-2,7-15H2. The molecule has 3 rings (SSSR count). The minimum absolute atomic E-state index is 0.831. The van der Waals surface area contributed by atoms with Gasteiger partial charge in [0.05, 0.1) is 13.2 Å². The Kier molecular flexibility index (Phi) is 5.67. The zero-order valence-corrected chi connectivity index (χ0v) is 13.0. The first-order valence-electron chi connectivity index (χ1n) is 8.49. The topological polar surface area (TPSA) is 24.5 Å². The van der Waals surface area contributed by atoms with E-state index >= 15 is 0 Å². The summed E-state index contributed by atoms with van der Waals surface area (Å²) in [6.45, 7) is 7.53. The number of hydrogen-bond acceptors (Lipinski definition) is 3. The Morgan fingerprint density at radius 1 is 1.10 bits per heavy atom. The molecular formula is C18H28N2O. The molecule has 2 aliphatic rings. The maximum absolute atomic E-state index is 5.39. The molecule has 1 atom stereocenters. The van der Waals surface area contributed by atoms with Gasteiger partial charge in [-0.05, 0) is 55.8 Å². The molecule has 0 radical (unpaired) electrons. The summed E-state index contributed by atoms with van der Waals surface area (Å²) in [5.41, 5.74) is 2.96. The minimum atomic E-state index is 0.831. The van der Waals surface area contributed by atoms with Gasteiger partial charge >= 0.3 is 0 Å². The lowest BCUT2D eigenvalue weighted by atomic mass is 9.92. The summed E-state index contributed by atoms with van der Waals surface area (Å²) in [6, 6.07) is 9.32. The number of ether oxygens (including phenoxy) is 1. The van der Waals surface area contributed by atoms with Gasteiger partial charge in [-0.3, -0.25) is 4.90 Å². The minimum Gasteiger partial charge on any atom is -0.379 e. The van der Waals surface area contributed by atoms with Crippen molar-refractivity contribution in [1.82, 2.24) is 10.2 Å². The smallest absolute Gasteiger partial charge is 0.0594 e. The number of benzene rings is 1. The Hall–Kier alpha value is -0.900. The summed E-state index contributed by atoms with van der Waals surface area (Å²) >= 11 is 0. The molecule has 2 heterocycles. The Balaban J connectivity index is 1.44. The molecule has 1 unspecified atom stereocenters. The Bertz CT molecular complexity index is 406. The van der Waals surface area contributed by atoms with E-state index in [0.717, 1.165) is 45.2 Å².